The number of nitrogens with one attached hydrogen (secondary N) is 1. The molecular formula is C22H21N3O3S. The predicted octanol–water partition coefficient (Wildman–Crippen LogP) is 4.79. The Balaban J connectivity index is 1.53. The van der Waals surface area contributed by atoms with E-state index < -0.39 is 6.10 Å². The number of ether oxygens (including phenoxy) is 2. The van der Waals surface area contributed by atoms with Gasteiger partial charge in [-0.15, -0.1) is 11.3 Å². The van der Waals surface area contributed by atoms with E-state index in [4.69, 9.17) is 9.47 Å². The lowest BCUT2D eigenvalue weighted by Crippen LogP contribution is -2.30. The van der Waals surface area contributed by atoms with Gasteiger partial charge < -0.3 is 14.8 Å². The quantitative estimate of drug-likeness (QED) is 0.499. The molecule has 0 saturated heterocycles. The zero-order valence-electron chi connectivity index (χ0n) is 16.4. The number of aromatic nitrogens is 2. The van der Waals surface area contributed by atoms with Crippen molar-refractivity contribution in [2.24, 2.45) is 0 Å². The van der Waals surface area contributed by atoms with Gasteiger partial charge >= 0.3 is 0 Å². The lowest BCUT2D eigenvalue weighted by molar-refractivity contribution is -0.122. The molecule has 0 fully saturated rings. The fourth-order valence-corrected chi connectivity index (χ4v) is 3.72. The second kappa shape index (κ2) is 7.97. The number of hydrogen-bond acceptors (Lipinski definition) is 5. The number of amides is 1. The second-order valence-electron chi connectivity index (χ2n) is 6.67. The number of aryl methyl sites for hydroxylation is 1. The first kappa shape index (κ1) is 19.0. The summed E-state index contributed by atoms with van der Waals surface area (Å²) in [6.45, 7) is 3.68. The third kappa shape index (κ3) is 3.95. The number of carbonyl (C=O) groups excluding carboxylic acids is 1. The van der Waals surface area contributed by atoms with E-state index in [-0.39, 0.29) is 5.91 Å². The molecule has 148 valence electrons. The molecule has 1 amide bonds. The maximum Gasteiger partial charge on any atom is 0.265 e. The van der Waals surface area contributed by atoms with Crippen molar-refractivity contribution >= 4 is 27.9 Å². The summed E-state index contributed by atoms with van der Waals surface area (Å²) in [6.07, 6.45) is 3.21. The first-order valence-electron chi connectivity index (χ1n) is 9.19. The number of carbonyl (C=O) groups is 1. The molecular weight excluding hydrogens is 386 g/mol. The highest BCUT2D eigenvalue weighted by atomic mass is 32.1. The van der Waals surface area contributed by atoms with Crippen LogP contribution in [-0.4, -0.2) is 28.5 Å². The van der Waals surface area contributed by atoms with Crippen LogP contribution in [0.1, 0.15) is 12.5 Å². The molecule has 4 aromatic rings. The summed E-state index contributed by atoms with van der Waals surface area (Å²) in [7, 11) is 1.58. The van der Waals surface area contributed by atoms with Crippen molar-refractivity contribution in [3.05, 3.63) is 65.8 Å². The first-order chi connectivity index (χ1) is 14.0. The van der Waals surface area contributed by atoms with Gasteiger partial charge in [0.15, 0.2) is 22.6 Å². The zero-order valence-corrected chi connectivity index (χ0v) is 17.2. The Morgan fingerprint density at radius 3 is 2.83 bits per heavy atom. The van der Waals surface area contributed by atoms with Gasteiger partial charge in [0.25, 0.3) is 5.91 Å². The lowest BCUT2D eigenvalue weighted by Gasteiger charge is -2.18. The van der Waals surface area contributed by atoms with E-state index in [1.807, 2.05) is 71.6 Å². The van der Waals surface area contributed by atoms with Crippen molar-refractivity contribution < 1.29 is 14.3 Å². The van der Waals surface area contributed by atoms with Crippen molar-refractivity contribution in [2.45, 2.75) is 20.0 Å². The molecule has 4 rings (SSSR count). The summed E-state index contributed by atoms with van der Waals surface area (Å²) in [5, 5.41) is 4.95. The number of rotatable bonds is 6. The molecule has 29 heavy (non-hydrogen) atoms. The number of methoxy groups -OCH3 is 1. The van der Waals surface area contributed by atoms with Gasteiger partial charge in [-0.25, -0.2) is 4.98 Å². The van der Waals surface area contributed by atoms with Gasteiger partial charge in [0, 0.05) is 23.3 Å². The number of nitrogens with zero attached hydrogens (tertiary/aromatic N) is 2. The third-order valence-corrected chi connectivity index (χ3v) is 5.32. The van der Waals surface area contributed by atoms with E-state index in [0.717, 1.165) is 21.8 Å². The standard InChI is InChI=1S/C22H21N3O3S/c1-14-8-9-19(20(12-14)27-3)28-15(2)21(26)23-17-7-5-4-6-16(17)18-13-25-10-11-29-22(25)24-18/h4-13,15H,1-3H3,(H,23,26). The highest BCUT2D eigenvalue weighted by molar-refractivity contribution is 7.15. The van der Waals surface area contributed by atoms with Crippen molar-refractivity contribution in [1.82, 2.24) is 9.38 Å². The van der Waals surface area contributed by atoms with E-state index >= 15 is 0 Å². The Morgan fingerprint density at radius 1 is 1.21 bits per heavy atom. The van der Waals surface area contributed by atoms with Crippen LogP contribution >= 0.6 is 11.3 Å². The number of para-hydroxylation sites is 1. The van der Waals surface area contributed by atoms with Crippen LogP contribution in [0, 0.1) is 6.92 Å². The summed E-state index contributed by atoms with van der Waals surface area (Å²) in [5.41, 5.74) is 3.41. The summed E-state index contributed by atoms with van der Waals surface area (Å²) in [6, 6.07) is 13.2. The predicted molar refractivity (Wildman–Crippen MR) is 115 cm³/mol. The van der Waals surface area contributed by atoms with Gasteiger partial charge in [0.2, 0.25) is 0 Å². The normalized spacial score (nSPS) is 12.0. The van der Waals surface area contributed by atoms with Gasteiger partial charge in [0.1, 0.15) is 0 Å². The number of imidazole rings is 1. The smallest absolute Gasteiger partial charge is 0.265 e. The number of thiazole rings is 1. The zero-order chi connectivity index (χ0) is 20.4. The molecule has 0 aliphatic rings. The summed E-state index contributed by atoms with van der Waals surface area (Å²) in [5.74, 6) is 0.882. The summed E-state index contributed by atoms with van der Waals surface area (Å²) >= 11 is 1.57. The van der Waals surface area contributed by atoms with E-state index in [2.05, 4.69) is 10.3 Å². The van der Waals surface area contributed by atoms with Crippen molar-refractivity contribution in [2.75, 3.05) is 12.4 Å². The van der Waals surface area contributed by atoms with Crippen molar-refractivity contribution in [3.8, 4) is 22.8 Å². The highest BCUT2D eigenvalue weighted by Gasteiger charge is 2.19. The molecule has 6 nitrogen and oxygen atoms in total. The second-order valence-corrected chi connectivity index (χ2v) is 7.54. The average molecular weight is 407 g/mol. The fraction of sp³-hybridized carbons (Fsp3) is 0.182. The van der Waals surface area contributed by atoms with Gasteiger partial charge in [0.05, 0.1) is 18.5 Å². The van der Waals surface area contributed by atoms with E-state index in [9.17, 15) is 4.79 Å². The van der Waals surface area contributed by atoms with Crippen LogP contribution < -0.4 is 14.8 Å². The van der Waals surface area contributed by atoms with Crippen LogP contribution in [0.25, 0.3) is 16.2 Å². The molecule has 0 aliphatic carbocycles. The molecule has 0 aliphatic heterocycles. The molecule has 2 aromatic heterocycles. The van der Waals surface area contributed by atoms with Crippen LogP contribution in [-0.2, 0) is 4.79 Å². The van der Waals surface area contributed by atoms with Crippen LogP contribution in [0.5, 0.6) is 11.5 Å². The Hall–Kier alpha value is -3.32. The minimum Gasteiger partial charge on any atom is -0.493 e. The molecule has 1 N–H and O–H groups in total. The third-order valence-electron chi connectivity index (χ3n) is 4.55. The fourth-order valence-electron chi connectivity index (χ4n) is 3.02. The van der Waals surface area contributed by atoms with Crippen molar-refractivity contribution in [3.63, 3.8) is 0 Å². The molecule has 1 unspecified atom stereocenters. The minimum absolute atomic E-state index is 0.249. The van der Waals surface area contributed by atoms with E-state index in [1.54, 1.807) is 25.4 Å². The number of benzene rings is 2. The topological polar surface area (TPSA) is 64.9 Å². The van der Waals surface area contributed by atoms with Gasteiger partial charge in [-0.2, -0.15) is 0 Å². The largest absolute Gasteiger partial charge is 0.493 e. The molecule has 0 bridgehead atoms. The lowest BCUT2D eigenvalue weighted by atomic mass is 10.1. The molecule has 2 aromatic carbocycles. The molecule has 0 spiro atoms. The molecule has 1 atom stereocenters. The monoisotopic (exact) mass is 407 g/mol. The first-order valence-corrected chi connectivity index (χ1v) is 10.1. The van der Waals surface area contributed by atoms with Crippen LogP contribution in [0.3, 0.4) is 0 Å². The van der Waals surface area contributed by atoms with Crippen LogP contribution in [0.15, 0.2) is 60.2 Å². The Kier molecular flexibility index (Phi) is 5.22. The van der Waals surface area contributed by atoms with Crippen LogP contribution in [0.4, 0.5) is 5.69 Å². The van der Waals surface area contributed by atoms with Gasteiger partial charge in [-0.3, -0.25) is 9.20 Å². The van der Waals surface area contributed by atoms with Crippen molar-refractivity contribution in [1.29, 1.82) is 0 Å². The Morgan fingerprint density at radius 2 is 2.03 bits per heavy atom. The Labute approximate surface area is 172 Å². The van der Waals surface area contributed by atoms with Crippen LogP contribution in [0.2, 0.25) is 0 Å². The summed E-state index contributed by atoms with van der Waals surface area (Å²) in [4.78, 5) is 18.3. The highest BCUT2D eigenvalue weighted by Crippen LogP contribution is 2.30. The molecule has 2 heterocycles. The van der Waals surface area contributed by atoms with Gasteiger partial charge in [-0.1, -0.05) is 24.3 Å². The molecule has 7 heteroatoms. The summed E-state index contributed by atoms with van der Waals surface area (Å²) < 4.78 is 13.2. The number of hydrogen-bond donors (Lipinski definition) is 1. The van der Waals surface area contributed by atoms with E-state index in [1.165, 1.54) is 0 Å². The Bertz CT molecular complexity index is 1140. The maximum absolute atomic E-state index is 12.8. The number of fused-ring (bicyclic) bond motifs is 1. The number of anilines is 1. The minimum atomic E-state index is -0.704. The molecule has 0 saturated carbocycles. The average Bonchev–Trinajstić information content (AvgIpc) is 3.31. The SMILES string of the molecule is COc1cc(C)ccc1OC(C)C(=O)Nc1ccccc1-c1cn2ccsc2n1. The van der Waals surface area contributed by atoms with E-state index in [0.29, 0.717) is 17.2 Å². The molecule has 0 radical (unpaired) electrons. The van der Waals surface area contributed by atoms with Gasteiger partial charge in [-0.05, 0) is 37.6 Å². The maximum atomic E-state index is 12.8.